The van der Waals surface area contributed by atoms with Crippen molar-refractivity contribution in [2.24, 2.45) is 7.05 Å². The molecule has 1 aromatic rings. The number of carbonyl (C=O) groups excluding carboxylic acids is 1. The lowest BCUT2D eigenvalue weighted by Gasteiger charge is -2.35. The molecule has 6 heteroatoms. The minimum Gasteiger partial charge on any atom is -0.376 e. The maximum atomic E-state index is 12.4. The van der Waals surface area contributed by atoms with Gasteiger partial charge in [0, 0.05) is 26.4 Å². The highest BCUT2D eigenvalue weighted by molar-refractivity contribution is 7.99. The quantitative estimate of drug-likeness (QED) is 0.918. The summed E-state index contributed by atoms with van der Waals surface area (Å²) < 4.78 is 7.43. The van der Waals surface area contributed by atoms with Crippen molar-refractivity contribution < 1.29 is 9.53 Å². The van der Waals surface area contributed by atoms with Crippen LogP contribution in [-0.2, 0) is 11.8 Å². The van der Waals surface area contributed by atoms with Crippen LogP contribution in [0, 0.1) is 13.8 Å². The zero-order valence-corrected chi connectivity index (χ0v) is 13.5. The van der Waals surface area contributed by atoms with Crippen LogP contribution >= 0.6 is 11.8 Å². The van der Waals surface area contributed by atoms with Crippen molar-refractivity contribution in [1.29, 1.82) is 0 Å². The van der Waals surface area contributed by atoms with Crippen molar-refractivity contribution in [2.45, 2.75) is 32.3 Å². The summed E-state index contributed by atoms with van der Waals surface area (Å²) in [5.74, 6) is 2.13. The van der Waals surface area contributed by atoms with E-state index in [2.05, 4.69) is 10.4 Å². The fraction of sp³-hybridized carbons (Fsp3) is 0.714. The molecule has 20 heavy (non-hydrogen) atoms. The van der Waals surface area contributed by atoms with Crippen LogP contribution in [0.1, 0.15) is 34.6 Å². The molecule has 112 valence electrons. The van der Waals surface area contributed by atoms with Crippen LogP contribution in [0.5, 0.6) is 0 Å². The second-order valence-electron chi connectivity index (χ2n) is 5.35. The molecule has 0 saturated carbocycles. The Morgan fingerprint density at radius 1 is 1.45 bits per heavy atom. The number of ether oxygens (including phenoxy) is 1. The van der Waals surface area contributed by atoms with Crippen molar-refractivity contribution in [3.8, 4) is 0 Å². The Bertz CT molecular complexity index is 493. The fourth-order valence-electron chi connectivity index (χ4n) is 2.63. The molecule has 0 bridgehead atoms. The molecule has 1 aliphatic heterocycles. The van der Waals surface area contributed by atoms with Gasteiger partial charge in [-0.05, 0) is 38.2 Å². The van der Waals surface area contributed by atoms with Crippen molar-refractivity contribution in [2.75, 3.05) is 25.2 Å². The van der Waals surface area contributed by atoms with Gasteiger partial charge in [0.1, 0.15) is 0 Å². The van der Waals surface area contributed by atoms with Gasteiger partial charge in [-0.3, -0.25) is 9.48 Å². The third kappa shape index (κ3) is 3.01. The number of aryl methyl sites for hydroxylation is 2. The van der Waals surface area contributed by atoms with Crippen molar-refractivity contribution in [3.05, 3.63) is 17.0 Å². The average molecular weight is 297 g/mol. The SMILES string of the molecule is COC1(CNC(=O)c2c(C)nn(C)c2C)CCSCC1. The maximum Gasteiger partial charge on any atom is 0.255 e. The molecule has 0 atom stereocenters. The number of nitrogens with zero attached hydrogens (tertiary/aromatic N) is 2. The van der Waals surface area contributed by atoms with Crippen LogP contribution in [0.15, 0.2) is 0 Å². The van der Waals surface area contributed by atoms with E-state index in [4.69, 9.17) is 4.74 Å². The zero-order chi connectivity index (χ0) is 14.8. The largest absolute Gasteiger partial charge is 0.376 e. The molecule has 2 rings (SSSR count). The summed E-state index contributed by atoms with van der Waals surface area (Å²) in [6, 6.07) is 0. The lowest BCUT2D eigenvalue weighted by atomic mass is 9.96. The van der Waals surface area contributed by atoms with Gasteiger partial charge in [-0.25, -0.2) is 0 Å². The monoisotopic (exact) mass is 297 g/mol. The lowest BCUT2D eigenvalue weighted by Crippen LogP contribution is -2.47. The van der Waals surface area contributed by atoms with E-state index in [1.807, 2.05) is 32.7 Å². The van der Waals surface area contributed by atoms with E-state index in [1.54, 1.807) is 11.8 Å². The number of aromatic nitrogens is 2. The Morgan fingerprint density at radius 2 is 2.10 bits per heavy atom. The van der Waals surface area contributed by atoms with Crippen LogP contribution < -0.4 is 5.32 Å². The van der Waals surface area contributed by atoms with Crippen LogP contribution in [0.2, 0.25) is 0 Å². The Balaban J connectivity index is 2.04. The molecule has 1 aromatic heterocycles. The summed E-state index contributed by atoms with van der Waals surface area (Å²) in [5.41, 5.74) is 2.15. The number of hydrogen-bond donors (Lipinski definition) is 1. The molecule has 0 aliphatic carbocycles. The van der Waals surface area contributed by atoms with Gasteiger partial charge < -0.3 is 10.1 Å². The minimum absolute atomic E-state index is 0.0530. The number of thioether (sulfide) groups is 1. The van der Waals surface area contributed by atoms with Crippen LogP contribution in [-0.4, -0.2) is 46.4 Å². The topological polar surface area (TPSA) is 56.1 Å². The highest BCUT2D eigenvalue weighted by atomic mass is 32.2. The number of rotatable bonds is 4. The van der Waals surface area contributed by atoms with Crippen molar-refractivity contribution in [1.82, 2.24) is 15.1 Å². The molecule has 0 radical (unpaired) electrons. The van der Waals surface area contributed by atoms with Gasteiger partial charge in [0.2, 0.25) is 0 Å². The Kier molecular flexibility index (Phi) is 4.75. The van der Waals surface area contributed by atoms with Gasteiger partial charge in [-0.1, -0.05) is 0 Å². The van der Waals surface area contributed by atoms with Crippen LogP contribution in [0.25, 0.3) is 0 Å². The normalized spacial score (nSPS) is 18.0. The van der Waals surface area contributed by atoms with E-state index in [0.29, 0.717) is 12.1 Å². The molecular formula is C14H23N3O2S. The second-order valence-corrected chi connectivity index (χ2v) is 6.58. The summed E-state index contributed by atoms with van der Waals surface area (Å²) in [7, 11) is 3.59. The van der Waals surface area contributed by atoms with E-state index in [-0.39, 0.29) is 11.5 Å². The predicted octanol–water partition coefficient (Wildman–Crippen LogP) is 1.68. The molecule has 2 heterocycles. The van der Waals surface area contributed by atoms with E-state index < -0.39 is 0 Å². The number of nitrogens with one attached hydrogen (secondary N) is 1. The van der Waals surface area contributed by atoms with Crippen molar-refractivity contribution >= 4 is 17.7 Å². The molecule has 0 spiro atoms. The highest BCUT2D eigenvalue weighted by Crippen LogP contribution is 2.29. The molecular weight excluding hydrogens is 274 g/mol. The van der Waals surface area contributed by atoms with Gasteiger partial charge in [0.25, 0.3) is 5.91 Å². The second kappa shape index (κ2) is 6.18. The third-order valence-corrected chi connectivity index (χ3v) is 5.13. The average Bonchev–Trinajstić information content (AvgIpc) is 2.71. The van der Waals surface area contributed by atoms with E-state index in [1.165, 1.54) is 0 Å². The van der Waals surface area contributed by atoms with Crippen LogP contribution in [0.3, 0.4) is 0 Å². The van der Waals surface area contributed by atoms with E-state index >= 15 is 0 Å². The highest BCUT2D eigenvalue weighted by Gasteiger charge is 2.33. The maximum absolute atomic E-state index is 12.4. The van der Waals surface area contributed by atoms with E-state index in [9.17, 15) is 4.79 Å². The third-order valence-electron chi connectivity index (χ3n) is 4.14. The summed E-state index contributed by atoms with van der Waals surface area (Å²) in [6.45, 7) is 4.35. The van der Waals surface area contributed by atoms with Crippen molar-refractivity contribution in [3.63, 3.8) is 0 Å². The number of amides is 1. The van der Waals surface area contributed by atoms with Gasteiger partial charge in [0.15, 0.2) is 0 Å². The Hall–Kier alpha value is -1.01. The van der Waals surface area contributed by atoms with Gasteiger partial charge in [0.05, 0.1) is 16.9 Å². The number of carbonyl (C=O) groups is 1. The lowest BCUT2D eigenvalue weighted by molar-refractivity contribution is -0.0149. The molecule has 1 aliphatic rings. The number of methoxy groups -OCH3 is 1. The standard InChI is InChI=1S/C14H23N3O2S/c1-10-12(11(2)17(3)16-10)13(18)15-9-14(19-4)5-7-20-8-6-14/h5-9H2,1-4H3,(H,15,18). The first-order valence-corrected chi connectivity index (χ1v) is 8.06. The van der Waals surface area contributed by atoms with Gasteiger partial charge in [-0.15, -0.1) is 0 Å². The molecule has 0 aromatic carbocycles. The van der Waals surface area contributed by atoms with E-state index in [0.717, 1.165) is 35.7 Å². The van der Waals surface area contributed by atoms with Gasteiger partial charge >= 0.3 is 0 Å². The zero-order valence-electron chi connectivity index (χ0n) is 12.7. The first-order valence-electron chi connectivity index (χ1n) is 6.90. The summed E-state index contributed by atoms with van der Waals surface area (Å²) >= 11 is 1.95. The first-order chi connectivity index (χ1) is 9.49. The summed E-state index contributed by atoms with van der Waals surface area (Å²) in [6.07, 6.45) is 1.97. The fourth-order valence-corrected chi connectivity index (χ4v) is 3.87. The Morgan fingerprint density at radius 3 is 2.60 bits per heavy atom. The summed E-state index contributed by atoms with van der Waals surface area (Å²) in [5, 5.41) is 7.31. The van der Waals surface area contributed by atoms with Crippen LogP contribution in [0.4, 0.5) is 0 Å². The molecule has 1 saturated heterocycles. The number of hydrogen-bond acceptors (Lipinski definition) is 4. The molecule has 5 nitrogen and oxygen atoms in total. The minimum atomic E-state index is -0.203. The molecule has 1 N–H and O–H groups in total. The smallest absolute Gasteiger partial charge is 0.255 e. The first kappa shape index (κ1) is 15.4. The Labute approximate surface area is 124 Å². The summed E-state index contributed by atoms with van der Waals surface area (Å²) in [4.78, 5) is 12.4. The predicted molar refractivity (Wildman–Crippen MR) is 81.3 cm³/mol. The molecule has 1 fully saturated rings. The van der Waals surface area contributed by atoms with Gasteiger partial charge in [-0.2, -0.15) is 16.9 Å². The molecule has 1 amide bonds. The molecule has 0 unspecified atom stereocenters.